The second-order valence-corrected chi connectivity index (χ2v) is 11.8. The van der Waals surface area contributed by atoms with Crippen molar-refractivity contribution in [1.29, 1.82) is 0 Å². The van der Waals surface area contributed by atoms with Gasteiger partial charge < -0.3 is 15.0 Å². The van der Waals surface area contributed by atoms with Crippen molar-refractivity contribution in [2.24, 2.45) is 0 Å². The van der Waals surface area contributed by atoms with Gasteiger partial charge in [-0.15, -0.1) is 0 Å². The zero-order valence-electron chi connectivity index (χ0n) is 23.3. The number of halogens is 1. The lowest BCUT2D eigenvalue weighted by Gasteiger charge is -2.32. The molecule has 3 aromatic carbocycles. The van der Waals surface area contributed by atoms with E-state index in [2.05, 4.69) is 5.32 Å². The van der Waals surface area contributed by atoms with Crippen LogP contribution in [-0.2, 0) is 26.2 Å². The van der Waals surface area contributed by atoms with Crippen molar-refractivity contribution in [2.45, 2.75) is 51.1 Å². The maximum atomic E-state index is 13.9. The fourth-order valence-electron chi connectivity index (χ4n) is 4.02. The molecule has 3 aromatic rings. The SMILES string of the molecule is CCCCNC(=O)[C@H](C)N(Cc1ccc(OC)cc1)C(=O)CN(c1ccc(C)cc1)S(=O)(=O)c1ccc(Cl)cc1. The number of carbonyl (C=O) groups excluding carboxylic acids is 2. The molecule has 0 unspecified atom stereocenters. The lowest BCUT2D eigenvalue weighted by Crippen LogP contribution is -2.51. The van der Waals surface area contributed by atoms with E-state index in [1.165, 1.54) is 29.2 Å². The molecular weight excluding hydrogens is 550 g/mol. The highest BCUT2D eigenvalue weighted by Crippen LogP contribution is 2.26. The van der Waals surface area contributed by atoms with Crippen LogP contribution in [0.3, 0.4) is 0 Å². The third kappa shape index (κ3) is 7.99. The first-order valence-corrected chi connectivity index (χ1v) is 14.9. The number of nitrogens with one attached hydrogen (secondary N) is 1. The summed E-state index contributed by atoms with van der Waals surface area (Å²) in [6, 6.07) is 19.0. The molecule has 0 fully saturated rings. The maximum Gasteiger partial charge on any atom is 0.264 e. The zero-order valence-corrected chi connectivity index (χ0v) is 24.8. The van der Waals surface area contributed by atoms with Crippen molar-refractivity contribution in [2.75, 3.05) is 24.5 Å². The summed E-state index contributed by atoms with van der Waals surface area (Å²) in [5.74, 6) is -0.170. The number of anilines is 1. The van der Waals surface area contributed by atoms with Crippen LogP contribution < -0.4 is 14.4 Å². The number of amides is 2. The Morgan fingerprint density at radius 2 is 1.60 bits per heavy atom. The number of rotatable bonds is 13. The van der Waals surface area contributed by atoms with Crippen LogP contribution in [-0.4, -0.2) is 51.4 Å². The number of carbonyl (C=O) groups is 2. The molecule has 1 atom stereocenters. The lowest BCUT2D eigenvalue weighted by atomic mass is 10.1. The van der Waals surface area contributed by atoms with E-state index >= 15 is 0 Å². The number of aryl methyl sites for hydroxylation is 1. The highest BCUT2D eigenvalue weighted by atomic mass is 35.5. The van der Waals surface area contributed by atoms with Crippen LogP contribution in [0.1, 0.15) is 37.8 Å². The molecule has 0 saturated heterocycles. The number of hydrogen-bond donors (Lipinski definition) is 1. The van der Waals surface area contributed by atoms with E-state index in [0.29, 0.717) is 23.0 Å². The van der Waals surface area contributed by atoms with Crippen LogP contribution in [0.4, 0.5) is 5.69 Å². The summed E-state index contributed by atoms with van der Waals surface area (Å²) in [6.07, 6.45) is 1.72. The highest BCUT2D eigenvalue weighted by Gasteiger charge is 2.32. The van der Waals surface area contributed by atoms with Gasteiger partial charge in [0.05, 0.1) is 17.7 Å². The van der Waals surface area contributed by atoms with Crippen molar-refractivity contribution in [3.05, 3.63) is 88.9 Å². The van der Waals surface area contributed by atoms with Crippen molar-refractivity contribution in [3.8, 4) is 5.75 Å². The van der Waals surface area contributed by atoms with Gasteiger partial charge in [-0.2, -0.15) is 0 Å². The number of sulfonamides is 1. The third-order valence-corrected chi connectivity index (χ3v) is 8.55. The van der Waals surface area contributed by atoms with Gasteiger partial charge in [-0.3, -0.25) is 13.9 Å². The number of unbranched alkanes of at least 4 members (excludes halogenated alkanes) is 1. The van der Waals surface area contributed by atoms with E-state index < -0.39 is 28.5 Å². The molecule has 2 amide bonds. The Labute approximate surface area is 241 Å². The summed E-state index contributed by atoms with van der Waals surface area (Å²) in [7, 11) is -2.58. The molecule has 0 bridgehead atoms. The van der Waals surface area contributed by atoms with Crippen LogP contribution in [0.2, 0.25) is 5.02 Å². The molecule has 0 heterocycles. The summed E-state index contributed by atoms with van der Waals surface area (Å²) < 4.78 is 33.9. The third-order valence-electron chi connectivity index (χ3n) is 6.51. The molecule has 0 saturated carbocycles. The number of nitrogens with zero attached hydrogens (tertiary/aromatic N) is 2. The van der Waals surface area contributed by atoms with Gasteiger partial charge in [0.1, 0.15) is 18.3 Å². The summed E-state index contributed by atoms with van der Waals surface area (Å²) in [5, 5.41) is 3.27. The van der Waals surface area contributed by atoms with Crippen molar-refractivity contribution in [1.82, 2.24) is 10.2 Å². The topological polar surface area (TPSA) is 96.0 Å². The van der Waals surface area contributed by atoms with E-state index in [1.807, 2.05) is 26.0 Å². The van der Waals surface area contributed by atoms with Crippen LogP contribution in [0.15, 0.2) is 77.7 Å². The van der Waals surface area contributed by atoms with E-state index in [4.69, 9.17) is 16.3 Å². The summed E-state index contributed by atoms with van der Waals surface area (Å²) in [4.78, 5) is 28.4. The molecule has 214 valence electrons. The lowest BCUT2D eigenvalue weighted by molar-refractivity contribution is -0.139. The van der Waals surface area contributed by atoms with Crippen molar-refractivity contribution in [3.63, 3.8) is 0 Å². The normalized spacial score (nSPS) is 11.9. The van der Waals surface area contributed by atoms with Gasteiger partial charge in [0.15, 0.2) is 0 Å². The zero-order chi connectivity index (χ0) is 29.3. The molecule has 0 spiro atoms. The summed E-state index contributed by atoms with van der Waals surface area (Å²) in [6.45, 7) is 5.65. The van der Waals surface area contributed by atoms with E-state index in [1.54, 1.807) is 50.4 Å². The first-order chi connectivity index (χ1) is 19.1. The number of benzene rings is 3. The minimum absolute atomic E-state index is 0.00247. The van der Waals surface area contributed by atoms with E-state index in [0.717, 1.165) is 28.3 Å². The van der Waals surface area contributed by atoms with Gasteiger partial charge in [0, 0.05) is 18.1 Å². The standard InChI is InChI=1S/C30H36ClN3O5S/c1-5-6-19-32-30(36)23(3)33(20-24-9-15-27(39-4)16-10-24)29(35)21-34(26-13-7-22(2)8-14-26)40(37,38)28-17-11-25(31)12-18-28/h7-18,23H,5-6,19-21H2,1-4H3,(H,32,36)/t23-/m0/s1. The summed E-state index contributed by atoms with van der Waals surface area (Å²) >= 11 is 5.99. The van der Waals surface area contributed by atoms with Crippen molar-refractivity contribution >= 4 is 39.1 Å². The molecule has 40 heavy (non-hydrogen) atoms. The number of hydrogen-bond acceptors (Lipinski definition) is 5. The number of ether oxygens (including phenoxy) is 1. The summed E-state index contributed by atoms with van der Waals surface area (Å²) in [5.41, 5.74) is 2.04. The fourth-order valence-corrected chi connectivity index (χ4v) is 5.56. The quantitative estimate of drug-likeness (QED) is 0.279. The minimum atomic E-state index is -4.15. The molecule has 0 aromatic heterocycles. The molecule has 8 nitrogen and oxygen atoms in total. The largest absolute Gasteiger partial charge is 0.497 e. The predicted molar refractivity (Wildman–Crippen MR) is 158 cm³/mol. The van der Waals surface area contributed by atoms with Gasteiger partial charge in [-0.1, -0.05) is 54.8 Å². The molecule has 3 rings (SSSR count). The Kier molecular flexibility index (Phi) is 11.0. The average Bonchev–Trinajstić information content (AvgIpc) is 2.95. The predicted octanol–water partition coefficient (Wildman–Crippen LogP) is 5.19. The van der Waals surface area contributed by atoms with Gasteiger partial charge in [-0.05, 0) is 74.4 Å². The molecule has 0 aliphatic rings. The van der Waals surface area contributed by atoms with E-state index in [9.17, 15) is 18.0 Å². The molecule has 0 aliphatic carbocycles. The van der Waals surface area contributed by atoms with Gasteiger partial charge >= 0.3 is 0 Å². The van der Waals surface area contributed by atoms with Crippen LogP contribution in [0.25, 0.3) is 0 Å². The highest BCUT2D eigenvalue weighted by molar-refractivity contribution is 7.92. The maximum absolute atomic E-state index is 13.9. The fraction of sp³-hybridized carbons (Fsp3) is 0.333. The van der Waals surface area contributed by atoms with Gasteiger partial charge in [0.25, 0.3) is 10.0 Å². The Hall–Kier alpha value is -3.56. The van der Waals surface area contributed by atoms with Crippen LogP contribution in [0, 0.1) is 6.92 Å². The molecule has 10 heteroatoms. The Morgan fingerprint density at radius 3 is 2.17 bits per heavy atom. The smallest absolute Gasteiger partial charge is 0.264 e. The molecular formula is C30H36ClN3O5S. The Bertz CT molecular complexity index is 1380. The second kappa shape index (κ2) is 14.2. The molecule has 0 radical (unpaired) electrons. The minimum Gasteiger partial charge on any atom is -0.497 e. The van der Waals surface area contributed by atoms with Crippen LogP contribution >= 0.6 is 11.6 Å². The van der Waals surface area contributed by atoms with Gasteiger partial charge in [0.2, 0.25) is 11.8 Å². The van der Waals surface area contributed by atoms with Crippen molar-refractivity contribution < 1.29 is 22.7 Å². The Morgan fingerprint density at radius 1 is 0.975 bits per heavy atom. The number of methoxy groups -OCH3 is 1. The molecule has 0 aliphatic heterocycles. The second-order valence-electron chi connectivity index (χ2n) is 9.49. The van der Waals surface area contributed by atoms with Gasteiger partial charge in [-0.25, -0.2) is 8.42 Å². The average molecular weight is 586 g/mol. The monoisotopic (exact) mass is 585 g/mol. The first-order valence-electron chi connectivity index (χ1n) is 13.1. The first kappa shape index (κ1) is 31.0. The van der Waals surface area contributed by atoms with Crippen LogP contribution in [0.5, 0.6) is 5.75 Å². The molecule has 1 N–H and O–H groups in total. The van der Waals surface area contributed by atoms with E-state index in [-0.39, 0.29) is 17.3 Å². The Balaban J connectivity index is 1.98.